The molecule has 9 heteroatoms. The molecule has 0 aromatic heterocycles. The molecule has 1 radical (unpaired) electrons. The second-order valence-electron chi connectivity index (χ2n) is 7.92. The predicted molar refractivity (Wildman–Crippen MR) is 164 cm³/mol. The molecule has 0 amide bonds. The summed E-state index contributed by atoms with van der Waals surface area (Å²) in [4.78, 5) is 23.7. The van der Waals surface area contributed by atoms with Gasteiger partial charge in [-0.2, -0.15) is 0 Å². The second-order valence-corrected chi connectivity index (χ2v) is 11.5. The summed E-state index contributed by atoms with van der Waals surface area (Å²) in [5, 5.41) is 6.23. The van der Waals surface area contributed by atoms with Crippen LogP contribution in [-0.2, 0) is 26.4 Å². The monoisotopic (exact) mass is 793 g/mol. The summed E-state index contributed by atoms with van der Waals surface area (Å²) in [7, 11) is 0. The molecule has 0 fully saturated rings. The van der Waals surface area contributed by atoms with Crippen molar-refractivity contribution in [2.75, 3.05) is 10.6 Å². The van der Waals surface area contributed by atoms with Gasteiger partial charge in [0, 0.05) is 60.7 Å². The number of carbonyl (C=O) groups excluding carboxylic acids is 2. The number of Topliss-reactive ketones (excluding diaryl/α,β-unsaturated/α-hetero) is 2. The van der Waals surface area contributed by atoms with Gasteiger partial charge >= 0.3 is 0 Å². The van der Waals surface area contributed by atoms with Gasteiger partial charge in [0.25, 0.3) is 0 Å². The first-order valence-electron chi connectivity index (χ1n) is 10.8. The minimum absolute atomic E-state index is 0. The fourth-order valence-electron chi connectivity index (χ4n) is 3.00. The molecule has 4 rings (SSSR count). The molecule has 2 aliphatic carbocycles. The zero-order chi connectivity index (χ0) is 26.2. The molecule has 0 heterocycles. The number of benzene rings is 2. The first-order valence-corrected chi connectivity index (χ1v) is 13.9. The van der Waals surface area contributed by atoms with Crippen LogP contribution in [-0.4, -0.2) is 11.6 Å². The van der Waals surface area contributed by atoms with E-state index in [4.69, 9.17) is 0 Å². The largest absolute Gasteiger partial charge is 0.361 e. The van der Waals surface area contributed by atoms with Crippen LogP contribution in [0.25, 0.3) is 0 Å². The van der Waals surface area contributed by atoms with Crippen molar-refractivity contribution in [1.82, 2.24) is 0 Å². The van der Waals surface area contributed by atoms with Gasteiger partial charge in [-0.25, -0.2) is 0 Å². The molecule has 0 saturated heterocycles. The van der Waals surface area contributed by atoms with E-state index in [2.05, 4.69) is 74.4 Å². The smallest absolute Gasteiger partial charge is 0.201 e. The SMILES string of the molecule is Cc1ccc(N/C=C2/C=C(Br)C=C(Br)C2=O)cc1.Cc1ccc(N/C=C2/C=C(Br)C=C(Br)C2=O)cc1.[Co]. The molecule has 193 valence electrons. The molecule has 4 nitrogen and oxygen atoms in total. The molecule has 0 saturated carbocycles. The van der Waals surface area contributed by atoms with Crippen LogP contribution in [0, 0.1) is 13.8 Å². The van der Waals surface area contributed by atoms with Gasteiger partial charge in [-0.15, -0.1) is 0 Å². The van der Waals surface area contributed by atoms with E-state index in [0.717, 1.165) is 20.3 Å². The Kier molecular flexibility index (Phi) is 12.8. The summed E-state index contributed by atoms with van der Waals surface area (Å²) >= 11 is 13.2. The van der Waals surface area contributed by atoms with Crippen LogP contribution < -0.4 is 10.6 Å². The van der Waals surface area contributed by atoms with E-state index in [0.29, 0.717) is 20.1 Å². The van der Waals surface area contributed by atoms with Crippen LogP contribution in [0.1, 0.15) is 11.1 Å². The van der Waals surface area contributed by atoms with Crippen molar-refractivity contribution >= 4 is 86.7 Å². The third-order valence-electron chi connectivity index (χ3n) is 4.97. The van der Waals surface area contributed by atoms with Gasteiger partial charge in [0.15, 0.2) is 0 Å². The standard InChI is InChI=1S/2C14H11Br2NO.Co/c2*1-9-2-4-12(5-3-9)17-8-10-6-11(15)7-13(16)14(10)18;/h2*2-8,17H,1H3;/b2*10-8-;. The molecular weight excluding hydrogens is 775 g/mol. The van der Waals surface area contributed by atoms with Crippen molar-refractivity contribution in [2.45, 2.75) is 13.8 Å². The summed E-state index contributed by atoms with van der Waals surface area (Å²) in [6, 6.07) is 16.0. The summed E-state index contributed by atoms with van der Waals surface area (Å²) in [5.74, 6) is -0.0596. The molecule has 0 bridgehead atoms. The topological polar surface area (TPSA) is 58.2 Å². The molecule has 2 aliphatic rings. The summed E-state index contributed by atoms with van der Waals surface area (Å²) < 4.78 is 2.83. The Balaban J connectivity index is 0.000000253. The van der Waals surface area contributed by atoms with Crippen LogP contribution in [0.3, 0.4) is 0 Å². The number of anilines is 2. The van der Waals surface area contributed by atoms with Crippen LogP contribution >= 0.6 is 63.7 Å². The van der Waals surface area contributed by atoms with Crippen LogP contribution in [0.4, 0.5) is 11.4 Å². The minimum Gasteiger partial charge on any atom is -0.361 e. The van der Waals surface area contributed by atoms with Gasteiger partial charge in [0.1, 0.15) is 0 Å². The van der Waals surface area contributed by atoms with Crippen molar-refractivity contribution in [3.05, 3.63) is 125 Å². The maximum Gasteiger partial charge on any atom is 0.201 e. The Morgan fingerprint density at radius 1 is 0.568 bits per heavy atom. The van der Waals surface area contributed by atoms with E-state index in [1.807, 2.05) is 62.4 Å². The molecule has 2 aromatic carbocycles. The van der Waals surface area contributed by atoms with E-state index in [-0.39, 0.29) is 28.3 Å². The van der Waals surface area contributed by atoms with Gasteiger partial charge < -0.3 is 10.6 Å². The predicted octanol–water partition coefficient (Wildman–Crippen LogP) is 8.86. The van der Waals surface area contributed by atoms with Crippen LogP contribution in [0.15, 0.2) is 114 Å². The van der Waals surface area contributed by atoms with Gasteiger partial charge in [0.05, 0.1) is 8.96 Å². The molecule has 37 heavy (non-hydrogen) atoms. The number of allylic oxidation sites excluding steroid dienone is 10. The van der Waals surface area contributed by atoms with Crippen LogP contribution in [0.5, 0.6) is 0 Å². The minimum atomic E-state index is -0.0298. The molecule has 0 aliphatic heterocycles. The first-order chi connectivity index (χ1) is 17.1. The zero-order valence-electron chi connectivity index (χ0n) is 19.7. The molecule has 0 atom stereocenters. The maximum absolute atomic E-state index is 11.9. The number of nitrogens with one attached hydrogen (secondary N) is 2. The van der Waals surface area contributed by atoms with Crippen molar-refractivity contribution in [2.24, 2.45) is 0 Å². The number of aryl methyl sites for hydroxylation is 2. The van der Waals surface area contributed by atoms with Crippen molar-refractivity contribution in [3.63, 3.8) is 0 Å². The molecule has 2 aromatic rings. The van der Waals surface area contributed by atoms with E-state index in [1.165, 1.54) is 11.1 Å². The fraction of sp³-hybridized carbons (Fsp3) is 0.0714. The van der Waals surface area contributed by atoms with E-state index >= 15 is 0 Å². The second kappa shape index (κ2) is 15.0. The van der Waals surface area contributed by atoms with Gasteiger partial charge in [-0.1, -0.05) is 67.3 Å². The number of hydrogen-bond donors (Lipinski definition) is 2. The van der Waals surface area contributed by atoms with E-state index in [1.54, 1.807) is 36.7 Å². The Bertz CT molecular complexity index is 1250. The van der Waals surface area contributed by atoms with Crippen LogP contribution in [0.2, 0.25) is 0 Å². The first kappa shape index (κ1) is 31.5. The third-order valence-corrected chi connectivity index (χ3v) is 7.06. The Labute approximate surface area is 260 Å². The summed E-state index contributed by atoms with van der Waals surface area (Å²) in [6.45, 7) is 4.07. The molecule has 0 spiro atoms. The average Bonchev–Trinajstić information content (AvgIpc) is 2.84. The van der Waals surface area contributed by atoms with Gasteiger partial charge in [0.2, 0.25) is 11.6 Å². The number of halogens is 4. The Hall–Kier alpha value is -1.75. The number of hydrogen-bond acceptors (Lipinski definition) is 4. The molecule has 2 N–H and O–H groups in total. The van der Waals surface area contributed by atoms with Crippen molar-refractivity contribution in [1.29, 1.82) is 0 Å². The van der Waals surface area contributed by atoms with Gasteiger partial charge in [-0.05, 0) is 94.3 Å². The number of carbonyl (C=O) groups is 2. The van der Waals surface area contributed by atoms with Crippen molar-refractivity contribution < 1.29 is 26.4 Å². The molecular formula is C28H22Br4CoN2O2. The van der Waals surface area contributed by atoms with E-state index in [9.17, 15) is 9.59 Å². The Morgan fingerprint density at radius 2 is 0.892 bits per heavy atom. The quantitative estimate of drug-likeness (QED) is 0.304. The number of rotatable bonds is 4. The number of ketones is 2. The maximum atomic E-state index is 11.9. The van der Waals surface area contributed by atoms with Gasteiger partial charge in [-0.3, -0.25) is 9.59 Å². The Morgan fingerprint density at radius 3 is 1.22 bits per heavy atom. The third kappa shape index (κ3) is 9.81. The zero-order valence-corrected chi connectivity index (χ0v) is 27.1. The summed E-state index contributed by atoms with van der Waals surface area (Å²) in [5.41, 5.74) is 5.53. The fourth-order valence-corrected chi connectivity index (χ4v) is 5.51. The summed E-state index contributed by atoms with van der Waals surface area (Å²) in [6.07, 6.45) is 10.5. The molecule has 0 unspecified atom stereocenters. The average molecular weight is 797 g/mol. The van der Waals surface area contributed by atoms with Crippen molar-refractivity contribution in [3.8, 4) is 0 Å². The van der Waals surface area contributed by atoms with E-state index < -0.39 is 0 Å². The normalized spacial score (nSPS) is 17.0.